The quantitative estimate of drug-likeness (QED) is 0.589. The topological polar surface area (TPSA) is 120 Å². The number of aliphatic imine (C=N–C) groups is 1. The van der Waals surface area contributed by atoms with Crippen LogP contribution in [0.4, 0.5) is 0 Å². The molecule has 1 aliphatic carbocycles. The normalized spacial score (nSPS) is 12.9. The SMILES string of the molecule is CN(C)C(=O)c1ccc(Cl)c(-n2ncc(C(=O)N=C(N)N)c2C2CC2)c1.Cl. The minimum Gasteiger partial charge on any atom is -0.370 e. The molecule has 2 amide bonds. The summed E-state index contributed by atoms with van der Waals surface area (Å²) in [5.74, 6) is -0.828. The summed E-state index contributed by atoms with van der Waals surface area (Å²) < 4.78 is 1.60. The van der Waals surface area contributed by atoms with E-state index in [4.69, 9.17) is 23.1 Å². The van der Waals surface area contributed by atoms with E-state index in [2.05, 4.69) is 10.1 Å². The number of carbonyl (C=O) groups excluding carboxylic acids is 2. The first kappa shape index (κ1) is 20.7. The van der Waals surface area contributed by atoms with Gasteiger partial charge in [-0.2, -0.15) is 10.1 Å². The van der Waals surface area contributed by atoms with Gasteiger partial charge in [0.1, 0.15) is 0 Å². The highest BCUT2D eigenvalue weighted by molar-refractivity contribution is 6.32. The third-order valence-corrected chi connectivity index (χ3v) is 4.38. The molecule has 0 aliphatic heterocycles. The number of nitrogens with two attached hydrogens (primary N) is 2. The minimum atomic E-state index is -0.546. The molecule has 8 nitrogen and oxygen atoms in total. The maximum absolute atomic E-state index is 12.3. The van der Waals surface area contributed by atoms with Crippen LogP contribution in [0.1, 0.15) is 45.2 Å². The predicted octanol–water partition coefficient (Wildman–Crippen LogP) is 1.94. The van der Waals surface area contributed by atoms with E-state index >= 15 is 0 Å². The summed E-state index contributed by atoms with van der Waals surface area (Å²) in [6, 6.07) is 4.96. The van der Waals surface area contributed by atoms with Gasteiger partial charge in [-0.15, -0.1) is 12.4 Å². The Labute approximate surface area is 167 Å². The fourth-order valence-corrected chi connectivity index (χ4v) is 2.91. The number of amides is 2. The first-order valence-electron chi connectivity index (χ1n) is 8.03. The zero-order valence-electron chi connectivity index (χ0n) is 14.8. The summed E-state index contributed by atoms with van der Waals surface area (Å²) in [6.07, 6.45) is 3.29. The van der Waals surface area contributed by atoms with Gasteiger partial charge in [0.05, 0.1) is 28.2 Å². The van der Waals surface area contributed by atoms with Gasteiger partial charge in [-0.1, -0.05) is 11.6 Å². The van der Waals surface area contributed by atoms with E-state index in [1.54, 1.807) is 37.0 Å². The number of guanidine groups is 1. The Morgan fingerprint density at radius 3 is 2.52 bits per heavy atom. The molecule has 1 aromatic heterocycles. The van der Waals surface area contributed by atoms with Gasteiger partial charge in [-0.05, 0) is 31.0 Å². The van der Waals surface area contributed by atoms with Crippen molar-refractivity contribution >= 4 is 41.8 Å². The minimum absolute atomic E-state index is 0. The van der Waals surface area contributed by atoms with Crippen LogP contribution in [0.25, 0.3) is 5.69 Å². The Bertz CT molecular complexity index is 914. The Hall–Kier alpha value is -2.58. The van der Waals surface area contributed by atoms with E-state index in [0.29, 0.717) is 27.5 Å². The maximum Gasteiger partial charge on any atom is 0.283 e. The largest absolute Gasteiger partial charge is 0.370 e. The molecule has 0 unspecified atom stereocenters. The number of benzene rings is 1. The Balaban J connectivity index is 0.00000261. The highest BCUT2D eigenvalue weighted by Gasteiger charge is 2.33. The molecule has 1 heterocycles. The number of hydrogen-bond donors (Lipinski definition) is 2. The molecule has 4 N–H and O–H groups in total. The van der Waals surface area contributed by atoms with Crippen LogP contribution >= 0.6 is 24.0 Å². The summed E-state index contributed by atoms with van der Waals surface area (Å²) in [5.41, 5.74) is 12.7. The van der Waals surface area contributed by atoms with Crippen LogP contribution in [-0.2, 0) is 0 Å². The van der Waals surface area contributed by atoms with Gasteiger partial charge in [0.2, 0.25) is 0 Å². The number of nitrogens with zero attached hydrogens (tertiary/aromatic N) is 4. The lowest BCUT2D eigenvalue weighted by Gasteiger charge is -2.14. The van der Waals surface area contributed by atoms with Gasteiger partial charge in [0.15, 0.2) is 5.96 Å². The van der Waals surface area contributed by atoms with Crippen molar-refractivity contribution in [1.29, 1.82) is 0 Å². The predicted molar refractivity (Wildman–Crippen MR) is 106 cm³/mol. The molecule has 1 saturated carbocycles. The first-order valence-corrected chi connectivity index (χ1v) is 8.41. The van der Waals surface area contributed by atoms with E-state index in [1.165, 1.54) is 11.1 Å². The zero-order chi connectivity index (χ0) is 19.0. The summed E-state index contributed by atoms with van der Waals surface area (Å²) in [6.45, 7) is 0. The van der Waals surface area contributed by atoms with Crippen molar-refractivity contribution < 1.29 is 9.59 Å². The third kappa shape index (κ3) is 4.23. The lowest BCUT2D eigenvalue weighted by atomic mass is 10.1. The van der Waals surface area contributed by atoms with Crippen LogP contribution in [0.15, 0.2) is 29.4 Å². The van der Waals surface area contributed by atoms with E-state index in [9.17, 15) is 9.59 Å². The molecule has 144 valence electrons. The van der Waals surface area contributed by atoms with Crippen molar-refractivity contribution in [2.24, 2.45) is 16.5 Å². The fourth-order valence-electron chi connectivity index (χ4n) is 2.71. The lowest BCUT2D eigenvalue weighted by Crippen LogP contribution is -2.24. The van der Waals surface area contributed by atoms with Crippen molar-refractivity contribution in [3.63, 3.8) is 0 Å². The number of carbonyl (C=O) groups is 2. The highest BCUT2D eigenvalue weighted by atomic mass is 35.5. The molecule has 0 radical (unpaired) electrons. The molecule has 3 rings (SSSR count). The van der Waals surface area contributed by atoms with Gasteiger partial charge < -0.3 is 16.4 Å². The Morgan fingerprint density at radius 1 is 1.30 bits per heavy atom. The molecule has 0 atom stereocenters. The van der Waals surface area contributed by atoms with Crippen molar-refractivity contribution in [3.05, 3.63) is 46.2 Å². The monoisotopic (exact) mass is 410 g/mol. The smallest absolute Gasteiger partial charge is 0.283 e. The average Bonchev–Trinajstić information content (AvgIpc) is 3.32. The second-order valence-electron chi connectivity index (χ2n) is 6.34. The van der Waals surface area contributed by atoms with Crippen LogP contribution in [0, 0.1) is 0 Å². The third-order valence-electron chi connectivity index (χ3n) is 4.06. The molecule has 1 fully saturated rings. The van der Waals surface area contributed by atoms with Crippen LogP contribution in [0.2, 0.25) is 5.02 Å². The zero-order valence-corrected chi connectivity index (χ0v) is 16.4. The molecule has 0 spiro atoms. The van der Waals surface area contributed by atoms with Crippen molar-refractivity contribution in [3.8, 4) is 5.69 Å². The van der Waals surface area contributed by atoms with E-state index in [1.807, 2.05) is 0 Å². The fraction of sp³-hybridized carbons (Fsp3) is 0.294. The molecule has 1 aromatic carbocycles. The van der Waals surface area contributed by atoms with Crippen LogP contribution in [-0.4, -0.2) is 46.5 Å². The summed E-state index contributed by atoms with van der Waals surface area (Å²) in [4.78, 5) is 29.6. The average molecular weight is 411 g/mol. The van der Waals surface area contributed by atoms with Gasteiger partial charge in [0.25, 0.3) is 11.8 Å². The van der Waals surface area contributed by atoms with Crippen molar-refractivity contribution in [1.82, 2.24) is 14.7 Å². The van der Waals surface area contributed by atoms with Crippen LogP contribution in [0.3, 0.4) is 0 Å². The second-order valence-corrected chi connectivity index (χ2v) is 6.74. The first-order chi connectivity index (χ1) is 12.3. The number of aromatic nitrogens is 2. The summed E-state index contributed by atoms with van der Waals surface area (Å²) >= 11 is 6.35. The van der Waals surface area contributed by atoms with Gasteiger partial charge in [-0.3, -0.25) is 9.59 Å². The highest BCUT2D eigenvalue weighted by Crippen LogP contribution is 2.43. The van der Waals surface area contributed by atoms with Gasteiger partial charge in [-0.25, -0.2) is 4.68 Å². The van der Waals surface area contributed by atoms with Crippen molar-refractivity contribution in [2.45, 2.75) is 18.8 Å². The standard InChI is InChI=1S/C17H19ClN6O2.ClH/c1-23(2)16(26)10-5-6-12(18)13(7-10)24-14(9-3-4-9)11(8-21-24)15(25)22-17(19)20;/h5-9H,3-4H2,1-2H3,(H4,19,20,22,25);1H. The molecule has 1 aliphatic rings. The molecule has 0 saturated heterocycles. The second kappa shape index (κ2) is 7.98. The van der Waals surface area contributed by atoms with E-state index in [-0.39, 0.29) is 30.2 Å². The maximum atomic E-state index is 12.3. The number of halogens is 2. The number of hydrogen-bond acceptors (Lipinski definition) is 3. The number of rotatable bonds is 4. The molecule has 10 heteroatoms. The van der Waals surface area contributed by atoms with E-state index < -0.39 is 5.91 Å². The summed E-state index contributed by atoms with van der Waals surface area (Å²) in [7, 11) is 3.35. The van der Waals surface area contributed by atoms with Crippen molar-refractivity contribution in [2.75, 3.05) is 14.1 Å². The molecule has 2 aromatic rings. The lowest BCUT2D eigenvalue weighted by molar-refractivity contribution is 0.0827. The Kier molecular flexibility index (Phi) is 6.12. The molecular formula is C17H20Cl2N6O2. The summed E-state index contributed by atoms with van der Waals surface area (Å²) in [5, 5.41) is 4.74. The van der Waals surface area contributed by atoms with Crippen LogP contribution < -0.4 is 11.5 Å². The van der Waals surface area contributed by atoms with Crippen LogP contribution in [0.5, 0.6) is 0 Å². The van der Waals surface area contributed by atoms with Gasteiger partial charge >= 0.3 is 0 Å². The Morgan fingerprint density at radius 2 is 1.96 bits per heavy atom. The molecule has 27 heavy (non-hydrogen) atoms. The molecular weight excluding hydrogens is 391 g/mol. The van der Waals surface area contributed by atoms with Gasteiger partial charge in [0, 0.05) is 25.6 Å². The van der Waals surface area contributed by atoms with E-state index in [0.717, 1.165) is 12.8 Å². The molecule has 0 bridgehead atoms.